The fraction of sp³-hybridized carbons (Fsp3) is 0.300. The number of sulfonamides is 1. The molecule has 0 bridgehead atoms. The minimum absolute atomic E-state index is 0.0633. The zero-order chi connectivity index (χ0) is 21.1. The molecule has 30 heavy (non-hydrogen) atoms. The molecule has 1 amide bonds. The molecule has 1 fully saturated rings. The van der Waals surface area contributed by atoms with E-state index in [1.54, 1.807) is 12.5 Å². The van der Waals surface area contributed by atoms with Crippen LogP contribution in [0.15, 0.2) is 46.0 Å². The average molecular weight is 464 g/mol. The predicted octanol–water partition coefficient (Wildman–Crippen LogP) is 4.31. The number of ether oxygens (including phenoxy) is 1. The van der Waals surface area contributed by atoms with Crippen molar-refractivity contribution in [3.05, 3.63) is 46.0 Å². The van der Waals surface area contributed by atoms with E-state index in [2.05, 4.69) is 10.3 Å². The molecule has 0 spiro atoms. The van der Waals surface area contributed by atoms with Crippen molar-refractivity contribution in [3.8, 4) is 17.0 Å². The Morgan fingerprint density at radius 1 is 1.13 bits per heavy atom. The van der Waals surface area contributed by atoms with Crippen LogP contribution >= 0.6 is 22.7 Å². The average Bonchev–Trinajstić information content (AvgIpc) is 3.44. The van der Waals surface area contributed by atoms with Crippen LogP contribution < -0.4 is 10.1 Å². The topological polar surface area (TPSA) is 88.6 Å². The van der Waals surface area contributed by atoms with Gasteiger partial charge in [-0.3, -0.25) is 10.1 Å². The van der Waals surface area contributed by atoms with Gasteiger partial charge in [0.2, 0.25) is 10.0 Å². The lowest BCUT2D eigenvalue weighted by molar-refractivity contribution is 0.102. The largest absolute Gasteiger partial charge is 0.496 e. The van der Waals surface area contributed by atoms with Gasteiger partial charge in [0, 0.05) is 24.0 Å². The molecule has 0 atom stereocenters. The number of nitrogens with zero attached hydrogens (tertiary/aromatic N) is 2. The summed E-state index contributed by atoms with van der Waals surface area (Å²) in [5.74, 6) is 0.218. The number of hydrogen-bond acceptors (Lipinski definition) is 7. The highest BCUT2D eigenvalue weighted by molar-refractivity contribution is 7.89. The van der Waals surface area contributed by atoms with E-state index >= 15 is 0 Å². The first-order chi connectivity index (χ1) is 14.5. The number of piperidine rings is 1. The van der Waals surface area contributed by atoms with Gasteiger partial charge in [0.25, 0.3) is 5.91 Å². The maximum absolute atomic E-state index is 13.0. The first-order valence-electron chi connectivity index (χ1n) is 9.48. The first-order valence-corrected chi connectivity index (χ1v) is 12.7. The van der Waals surface area contributed by atoms with E-state index in [9.17, 15) is 13.2 Å². The van der Waals surface area contributed by atoms with Gasteiger partial charge in [0.15, 0.2) is 5.13 Å². The molecule has 1 aromatic carbocycles. The zero-order valence-corrected chi connectivity index (χ0v) is 18.8. The molecule has 2 aromatic heterocycles. The predicted molar refractivity (Wildman–Crippen MR) is 119 cm³/mol. The third kappa shape index (κ3) is 4.13. The molecule has 1 aliphatic rings. The quantitative estimate of drug-likeness (QED) is 0.589. The summed E-state index contributed by atoms with van der Waals surface area (Å²) in [5, 5.41) is 6.60. The highest BCUT2D eigenvalue weighted by atomic mass is 32.2. The molecule has 1 saturated heterocycles. The molecule has 0 radical (unpaired) electrons. The van der Waals surface area contributed by atoms with Crippen LogP contribution in [0.3, 0.4) is 0 Å². The third-order valence-electron chi connectivity index (χ3n) is 4.88. The summed E-state index contributed by atoms with van der Waals surface area (Å²) in [6.45, 7) is 0.988. The Morgan fingerprint density at radius 2 is 1.90 bits per heavy atom. The van der Waals surface area contributed by atoms with Gasteiger partial charge in [0.05, 0.1) is 12.8 Å². The summed E-state index contributed by atoms with van der Waals surface area (Å²) in [6, 6.07) is 9.00. The Hall–Kier alpha value is -2.27. The maximum atomic E-state index is 13.0. The number of anilines is 1. The lowest BCUT2D eigenvalue weighted by Gasteiger charge is -2.25. The molecule has 7 nitrogen and oxygen atoms in total. The number of carbonyl (C=O) groups is 1. The molecule has 0 unspecified atom stereocenters. The number of methoxy groups -OCH3 is 1. The van der Waals surface area contributed by atoms with Crippen LogP contribution in [-0.4, -0.2) is 43.8 Å². The van der Waals surface area contributed by atoms with Crippen LogP contribution in [0.25, 0.3) is 11.3 Å². The van der Waals surface area contributed by atoms with E-state index < -0.39 is 15.9 Å². The molecule has 158 valence electrons. The van der Waals surface area contributed by atoms with E-state index in [1.807, 2.05) is 29.6 Å². The van der Waals surface area contributed by atoms with E-state index in [0.29, 0.717) is 29.7 Å². The van der Waals surface area contributed by atoms with Gasteiger partial charge in [-0.2, -0.15) is 4.31 Å². The first kappa shape index (κ1) is 21.0. The van der Waals surface area contributed by atoms with E-state index in [1.165, 1.54) is 21.7 Å². The second kappa shape index (κ2) is 8.84. The van der Waals surface area contributed by atoms with Gasteiger partial charge in [-0.25, -0.2) is 13.4 Å². The monoisotopic (exact) mass is 463 g/mol. The standard InChI is InChI=1S/C20H21N3O4S3/c1-27-16-8-4-3-7-14(16)15-13-29-20(21-15)22-19(24)18-17(9-12-28-18)30(25,26)23-10-5-2-6-11-23/h3-4,7-9,12-13H,2,5-6,10-11H2,1H3,(H,21,22,24). The Kier molecular flexibility index (Phi) is 6.19. The lowest BCUT2D eigenvalue weighted by atomic mass is 10.1. The van der Waals surface area contributed by atoms with Gasteiger partial charge in [-0.05, 0) is 36.4 Å². The van der Waals surface area contributed by atoms with E-state index in [4.69, 9.17) is 4.74 Å². The van der Waals surface area contributed by atoms with Gasteiger partial charge in [-0.1, -0.05) is 18.6 Å². The fourth-order valence-electron chi connectivity index (χ4n) is 3.38. The van der Waals surface area contributed by atoms with Crippen LogP contribution in [0, 0.1) is 0 Å². The second-order valence-corrected chi connectivity index (χ2v) is 10.5. The van der Waals surface area contributed by atoms with E-state index in [-0.39, 0.29) is 9.77 Å². The highest BCUT2D eigenvalue weighted by Crippen LogP contribution is 2.33. The molecule has 1 aliphatic heterocycles. The third-order valence-corrected chi connectivity index (χ3v) is 8.62. The van der Waals surface area contributed by atoms with Crippen molar-refractivity contribution in [1.82, 2.24) is 9.29 Å². The van der Waals surface area contributed by atoms with Crippen molar-refractivity contribution in [2.24, 2.45) is 0 Å². The normalized spacial score (nSPS) is 15.1. The van der Waals surface area contributed by atoms with Gasteiger partial charge < -0.3 is 4.74 Å². The maximum Gasteiger partial charge on any atom is 0.268 e. The number of rotatable bonds is 6. The number of thiophene rings is 1. The number of carbonyl (C=O) groups excluding carboxylic acids is 1. The number of aromatic nitrogens is 1. The molecule has 0 saturated carbocycles. The number of benzene rings is 1. The van der Waals surface area contributed by atoms with Crippen molar-refractivity contribution < 1.29 is 17.9 Å². The number of hydrogen-bond donors (Lipinski definition) is 1. The zero-order valence-electron chi connectivity index (χ0n) is 16.3. The van der Waals surface area contributed by atoms with Crippen molar-refractivity contribution in [3.63, 3.8) is 0 Å². The Morgan fingerprint density at radius 3 is 2.67 bits per heavy atom. The number of para-hydroxylation sites is 1. The minimum atomic E-state index is -3.68. The van der Waals surface area contributed by atoms with Crippen molar-refractivity contribution >= 4 is 43.7 Å². The Balaban J connectivity index is 1.55. The van der Waals surface area contributed by atoms with Crippen LogP contribution in [0.4, 0.5) is 5.13 Å². The fourth-order valence-corrected chi connectivity index (χ4v) is 6.89. The summed E-state index contributed by atoms with van der Waals surface area (Å²) < 4.78 is 32.9. The molecule has 1 N–H and O–H groups in total. The molecule has 10 heteroatoms. The van der Waals surface area contributed by atoms with Gasteiger partial charge in [-0.15, -0.1) is 22.7 Å². The summed E-state index contributed by atoms with van der Waals surface area (Å²) in [4.78, 5) is 17.6. The Bertz CT molecular complexity index is 1150. The number of amides is 1. The van der Waals surface area contributed by atoms with Crippen molar-refractivity contribution in [1.29, 1.82) is 0 Å². The molecule has 3 heterocycles. The lowest BCUT2D eigenvalue weighted by Crippen LogP contribution is -2.36. The minimum Gasteiger partial charge on any atom is -0.496 e. The second-order valence-electron chi connectivity index (χ2n) is 6.77. The summed E-state index contributed by atoms with van der Waals surface area (Å²) in [5.41, 5.74) is 1.50. The van der Waals surface area contributed by atoms with E-state index in [0.717, 1.165) is 36.2 Å². The van der Waals surface area contributed by atoms with Crippen molar-refractivity contribution in [2.75, 3.05) is 25.5 Å². The molecule has 4 rings (SSSR count). The van der Waals surface area contributed by atoms with Crippen LogP contribution in [0.2, 0.25) is 0 Å². The number of thiazole rings is 1. The molecule has 3 aromatic rings. The van der Waals surface area contributed by atoms with Crippen LogP contribution in [0.5, 0.6) is 5.75 Å². The smallest absolute Gasteiger partial charge is 0.268 e. The summed E-state index contributed by atoms with van der Waals surface area (Å²) in [7, 11) is -2.09. The van der Waals surface area contributed by atoms with Crippen molar-refractivity contribution in [2.45, 2.75) is 24.2 Å². The Labute approximate surface area is 183 Å². The molecular weight excluding hydrogens is 442 g/mol. The summed E-state index contributed by atoms with van der Waals surface area (Å²) in [6.07, 6.45) is 2.72. The molecule has 0 aliphatic carbocycles. The SMILES string of the molecule is COc1ccccc1-c1csc(NC(=O)c2sccc2S(=O)(=O)N2CCCCC2)n1. The molecular formula is C20H21N3O4S3. The highest BCUT2D eigenvalue weighted by Gasteiger charge is 2.31. The van der Waals surface area contributed by atoms with Gasteiger partial charge >= 0.3 is 0 Å². The summed E-state index contributed by atoms with van der Waals surface area (Å²) >= 11 is 2.39. The van der Waals surface area contributed by atoms with Crippen LogP contribution in [0.1, 0.15) is 28.9 Å². The van der Waals surface area contributed by atoms with Crippen LogP contribution in [-0.2, 0) is 10.0 Å². The van der Waals surface area contributed by atoms with Gasteiger partial charge in [0.1, 0.15) is 15.5 Å². The number of nitrogens with one attached hydrogen (secondary N) is 1.